The molecule has 0 unspecified atom stereocenters. The Balaban J connectivity index is 1.05. The van der Waals surface area contributed by atoms with Crippen molar-refractivity contribution in [1.82, 2.24) is 4.98 Å². The number of hydrogen-bond acceptors (Lipinski definition) is 2. The normalized spacial score (nSPS) is 11.7. The highest BCUT2D eigenvalue weighted by atomic mass is 15.1. The first-order valence-electron chi connectivity index (χ1n) is 16.8. The summed E-state index contributed by atoms with van der Waals surface area (Å²) >= 11 is 0. The number of aromatic nitrogens is 1. The van der Waals surface area contributed by atoms with Gasteiger partial charge in [-0.15, -0.1) is 0 Å². The summed E-state index contributed by atoms with van der Waals surface area (Å²) < 4.78 is 0. The van der Waals surface area contributed by atoms with Crippen LogP contribution in [-0.2, 0) is 0 Å². The smallest absolute Gasteiger partial charge is 0.0644 e. The fourth-order valence-corrected chi connectivity index (χ4v) is 7.87. The lowest BCUT2D eigenvalue weighted by Gasteiger charge is -2.25. The van der Waals surface area contributed by atoms with E-state index in [4.69, 9.17) is 0 Å². The van der Waals surface area contributed by atoms with Crippen LogP contribution in [0.25, 0.3) is 76.8 Å². The van der Waals surface area contributed by atoms with Gasteiger partial charge < -0.3 is 4.90 Å². The van der Waals surface area contributed by atoms with Gasteiger partial charge in [0, 0.05) is 17.6 Å². The average Bonchev–Trinajstić information content (AvgIpc) is 3.51. The second-order valence-corrected chi connectivity index (χ2v) is 12.8. The van der Waals surface area contributed by atoms with Crippen molar-refractivity contribution in [1.29, 1.82) is 0 Å². The minimum Gasteiger partial charge on any atom is -0.309 e. The number of fused-ring (bicyclic) bond motifs is 6. The largest absolute Gasteiger partial charge is 0.309 e. The third-order valence-electron chi connectivity index (χ3n) is 10.1. The fourth-order valence-electron chi connectivity index (χ4n) is 7.87. The van der Waals surface area contributed by atoms with Gasteiger partial charge in [-0.2, -0.15) is 0 Å². The third-order valence-corrected chi connectivity index (χ3v) is 10.1. The maximum Gasteiger partial charge on any atom is 0.0644 e. The molecule has 0 bridgehead atoms. The second-order valence-electron chi connectivity index (χ2n) is 12.8. The first-order chi connectivity index (χ1) is 24.3. The molecule has 0 atom stereocenters. The van der Waals surface area contributed by atoms with Gasteiger partial charge in [-0.25, -0.2) is 0 Å². The predicted octanol–water partition coefficient (Wildman–Crippen LogP) is 13.0. The van der Waals surface area contributed by atoms with Crippen LogP contribution >= 0.6 is 0 Å². The van der Waals surface area contributed by atoms with Crippen molar-refractivity contribution in [2.45, 2.75) is 0 Å². The summed E-state index contributed by atoms with van der Waals surface area (Å²) in [4.78, 5) is 6.76. The molecule has 1 aliphatic carbocycles. The zero-order valence-electron chi connectivity index (χ0n) is 26.7. The molecule has 8 aromatic carbocycles. The molecule has 1 aromatic heterocycles. The van der Waals surface area contributed by atoms with E-state index in [1.165, 1.54) is 76.8 Å². The monoisotopic (exact) mass is 622 g/mol. The number of benzene rings is 8. The standard InChI is InChI=1S/C47H30N2/c1-2-11-37-33(9-1)29-46(42-15-6-3-12-39(37)42)32-20-24-35(25-21-32)49(36-10-8-28-48-30-36)34-22-18-31(19-23-34)38-26-27-45-41-14-5-4-13-40(41)44-17-7-16-43(38)47(44)45/h1-30H. The number of nitrogens with zero attached hydrogens (tertiary/aromatic N) is 2. The molecule has 10 rings (SSSR count). The molecule has 0 saturated heterocycles. The molecule has 2 nitrogen and oxygen atoms in total. The number of pyridine rings is 1. The van der Waals surface area contributed by atoms with E-state index in [0.717, 1.165) is 17.1 Å². The molecule has 228 valence electrons. The van der Waals surface area contributed by atoms with E-state index >= 15 is 0 Å². The molecule has 0 N–H and O–H groups in total. The van der Waals surface area contributed by atoms with Gasteiger partial charge in [0.2, 0.25) is 0 Å². The van der Waals surface area contributed by atoms with Gasteiger partial charge in [0.15, 0.2) is 0 Å². The summed E-state index contributed by atoms with van der Waals surface area (Å²) in [6.45, 7) is 0. The topological polar surface area (TPSA) is 16.1 Å². The van der Waals surface area contributed by atoms with Crippen molar-refractivity contribution < 1.29 is 0 Å². The van der Waals surface area contributed by atoms with Crippen molar-refractivity contribution in [3.8, 4) is 44.5 Å². The Kier molecular flexibility index (Phi) is 6.22. The lowest BCUT2D eigenvalue weighted by molar-refractivity contribution is 1.23. The summed E-state index contributed by atoms with van der Waals surface area (Å²) in [5.41, 5.74) is 13.4. The Bertz CT molecular complexity index is 2660. The molecule has 0 radical (unpaired) electrons. The van der Waals surface area contributed by atoms with Gasteiger partial charge in [0.05, 0.1) is 11.9 Å². The molecule has 0 spiro atoms. The Morgan fingerprint density at radius 3 is 1.63 bits per heavy atom. The van der Waals surface area contributed by atoms with Gasteiger partial charge in [0.1, 0.15) is 0 Å². The summed E-state index contributed by atoms with van der Waals surface area (Å²) in [5.74, 6) is 0. The predicted molar refractivity (Wildman–Crippen MR) is 207 cm³/mol. The van der Waals surface area contributed by atoms with Crippen LogP contribution in [0, 0.1) is 0 Å². The molecular weight excluding hydrogens is 593 g/mol. The zero-order chi connectivity index (χ0) is 32.3. The van der Waals surface area contributed by atoms with E-state index in [2.05, 4.69) is 174 Å². The highest BCUT2D eigenvalue weighted by Crippen LogP contribution is 2.49. The van der Waals surface area contributed by atoms with Crippen molar-refractivity contribution in [2.75, 3.05) is 4.90 Å². The Morgan fingerprint density at radius 1 is 0.347 bits per heavy atom. The van der Waals surface area contributed by atoms with E-state index in [1.807, 2.05) is 18.5 Å². The van der Waals surface area contributed by atoms with Crippen molar-refractivity contribution in [2.24, 2.45) is 0 Å². The summed E-state index contributed by atoms with van der Waals surface area (Å²) in [6.07, 6.45) is 3.76. The summed E-state index contributed by atoms with van der Waals surface area (Å²) in [5, 5.41) is 7.72. The molecule has 0 amide bonds. The minimum atomic E-state index is 1.02. The SMILES string of the molecule is c1cncc(N(c2ccc(-c3ccc4c5c(cccc35)-c3ccccc3-4)cc2)c2ccc(-c3cc4ccccc4c4ccccc34)cc2)c1. The molecule has 9 aromatic rings. The van der Waals surface area contributed by atoms with E-state index in [1.54, 1.807) is 0 Å². The molecule has 0 fully saturated rings. The third kappa shape index (κ3) is 4.38. The summed E-state index contributed by atoms with van der Waals surface area (Å²) in [7, 11) is 0. The number of hydrogen-bond donors (Lipinski definition) is 0. The van der Waals surface area contributed by atoms with Crippen LogP contribution in [0.5, 0.6) is 0 Å². The molecule has 0 aliphatic heterocycles. The number of anilines is 3. The lowest BCUT2D eigenvalue weighted by Crippen LogP contribution is -2.10. The summed E-state index contributed by atoms with van der Waals surface area (Å²) in [6, 6.07) is 61.7. The van der Waals surface area contributed by atoms with Crippen LogP contribution in [0.15, 0.2) is 182 Å². The van der Waals surface area contributed by atoms with Crippen molar-refractivity contribution >= 4 is 49.4 Å². The maximum absolute atomic E-state index is 4.48. The molecule has 0 saturated carbocycles. The first kappa shape index (κ1) is 27.6. The number of rotatable bonds is 5. The molecule has 2 heteroatoms. The highest BCUT2D eigenvalue weighted by Gasteiger charge is 2.22. The molecule has 49 heavy (non-hydrogen) atoms. The van der Waals surface area contributed by atoms with Crippen molar-refractivity contribution in [3.05, 3.63) is 182 Å². The van der Waals surface area contributed by atoms with Crippen LogP contribution in [-0.4, -0.2) is 4.98 Å². The minimum absolute atomic E-state index is 1.02. The van der Waals surface area contributed by atoms with Crippen LogP contribution < -0.4 is 4.90 Å². The lowest BCUT2D eigenvalue weighted by atomic mass is 9.93. The Hall–Kier alpha value is -6.51. The van der Waals surface area contributed by atoms with E-state index in [9.17, 15) is 0 Å². The maximum atomic E-state index is 4.48. The van der Waals surface area contributed by atoms with Gasteiger partial charge >= 0.3 is 0 Å². The Labute approximate surface area is 285 Å². The zero-order valence-corrected chi connectivity index (χ0v) is 26.7. The van der Waals surface area contributed by atoms with Gasteiger partial charge in [-0.05, 0) is 119 Å². The van der Waals surface area contributed by atoms with Crippen LogP contribution in [0.2, 0.25) is 0 Å². The average molecular weight is 623 g/mol. The molecular formula is C47H30N2. The van der Waals surface area contributed by atoms with E-state index < -0.39 is 0 Å². The van der Waals surface area contributed by atoms with E-state index in [-0.39, 0.29) is 0 Å². The van der Waals surface area contributed by atoms with E-state index in [0.29, 0.717) is 0 Å². The highest BCUT2D eigenvalue weighted by molar-refractivity contribution is 6.18. The first-order valence-corrected chi connectivity index (χ1v) is 16.8. The van der Waals surface area contributed by atoms with Crippen molar-refractivity contribution in [3.63, 3.8) is 0 Å². The van der Waals surface area contributed by atoms with Crippen LogP contribution in [0.4, 0.5) is 17.1 Å². The molecule has 1 heterocycles. The van der Waals surface area contributed by atoms with Gasteiger partial charge in [-0.3, -0.25) is 4.98 Å². The Morgan fingerprint density at radius 2 is 0.918 bits per heavy atom. The second kappa shape index (κ2) is 11.0. The fraction of sp³-hybridized carbons (Fsp3) is 0. The van der Waals surface area contributed by atoms with Gasteiger partial charge in [0.25, 0.3) is 0 Å². The molecule has 1 aliphatic rings. The van der Waals surface area contributed by atoms with Crippen LogP contribution in [0.1, 0.15) is 0 Å². The van der Waals surface area contributed by atoms with Gasteiger partial charge in [-0.1, -0.05) is 127 Å². The van der Waals surface area contributed by atoms with Crippen LogP contribution in [0.3, 0.4) is 0 Å². The quantitative estimate of drug-likeness (QED) is 0.178.